The van der Waals surface area contributed by atoms with Crippen LogP contribution in [0.1, 0.15) is 46.6 Å². The standard InChI is InChI=1S/C30H30FN3O5S/c1-17(2)38-24-15-22(14-23(31)16-24)26-11-10-25(29(35)34-40(36,37)27-9-7-8-21(6)32-27)30(33-26)39-28-19(4)12-18(3)13-20(28)5/h7-17H,1-6H3,(H,34,35). The summed E-state index contributed by atoms with van der Waals surface area (Å²) in [6.07, 6.45) is -0.176. The second-order valence-electron chi connectivity index (χ2n) is 9.77. The Kier molecular flexibility index (Phi) is 8.20. The van der Waals surface area contributed by atoms with Crippen LogP contribution >= 0.6 is 0 Å². The van der Waals surface area contributed by atoms with Gasteiger partial charge in [-0.3, -0.25) is 4.79 Å². The fourth-order valence-corrected chi connectivity index (χ4v) is 5.20. The van der Waals surface area contributed by atoms with Crippen LogP contribution in [0.4, 0.5) is 4.39 Å². The normalized spacial score (nSPS) is 11.4. The van der Waals surface area contributed by atoms with E-state index < -0.39 is 21.7 Å². The van der Waals surface area contributed by atoms with Crippen molar-refractivity contribution >= 4 is 15.9 Å². The van der Waals surface area contributed by atoms with Crippen molar-refractivity contribution in [2.24, 2.45) is 0 Å². The molecule has 0 aliphatic carbocycles. The van der Waals surface area contributed by atoms with Gasteiger partial charge < -0.3 is 9.47 Å². The number of amides is 1. The van der Waals surface area contributed by atoms with Crippen LogP contribution in [0, 0.1) is 33.5 Å². The highest BCUT2D eigenvalue weighted by Gasteiger charge is 2.25. The van der Waals surface area contributed by atoms with E-state index in [1.165, 1.54) is 36.4 Å². The van der Waals surface area contributed by atoms with Crippen molar-refractivity contribution in [3.05, 3.63) is 94.4 Å². The molecule has 0 saturated carbocycles. The van der Waals surface area contributed by atoms with E-state index in [-0.39, 0.29) is 22.6 Å². The molecule has 4 aromatic rings. The molecule has 0 aliphatic heterocycles. The summed E-state index contributed by atoms with van der Waals surface area (Å²) in [5.41, 5.74) is 3.65. The number of pyridine rings is 2. The first kappa shape index (κ1) is 28.7. The van der Waals surface area contributed by atoms with Crippen LogP contribution in [0.15, 0.2) is 65.7 Å². The molecule has 0 atom stereocenters. The van der Waals surface area contributed by atoms with E-state index in [0.717, 1.165) is 16.7 Å². The van der Waals surface area contributed by atoms with Crippen LogP contribution in [0.25, 0.3) is 11.3 Å². The third-order valence-corrected chi connectivity index (χ3v) is 7.04. The van der Waals surface area contributed by atoms with E-state index in [1.54, 1.807) is 19.1 Å². The molecule has 0 fully saturated rings. The topological polar surface area (TPSA) is 107 Å². The molecule has 208 valence electrons. The van der Waals surface area contributed by atoms with Gasteiger partial charge in [-0.05, 0) is 89.1 Å². The molecule has 0 aliphatic rings. The largest absolute Gasteiger partial charge is 0.491 e. The predicted molar refractivity (Wildman–Crippen MR) is 150 cm³/mol. The lowest BCUT2D eigenvalue weighted by atomic mass is 10.1. The molecule has 0 bridgehead atoms. The Bertz CT molecular complexity index is 1680. The molecular weight excluding hydrogens is 533 g/mol. The van der Waals surface area contributed by atoms with Gasteiger partial charge in [-0.1, -0.05) is 23.8 Å². The van der Waals surface area contributed by atoms with E-state index in [4.69, 9.17) is 9.47 Å². The maximum atomic E-state index is 14.5. The van der Waals surface area contributed by atoms with Crippen LogP contribution in [0.5, 0.6) is 17.4 Å². The highest BCUT2D eigenvalue weighted by atomic mass is 32.2. The molecule has 2 aromatic carbocycles. The number of aromatic nitrogens is 2. The van der Waals surface area contributed by atoms with Gasteiger partial charge in [0.15, 0.2) is 5.03 Å². The molecule has 0 radical (unpaired) electrons. The fourth-order valence-electron chi connectivity index (χ4n) is 4.22. The predicted octanol–water partition coefficient (Wildman–Crippen LogP) is 6.21. The van der Waals surface area contributed by atoms with Crippen molar-refractivity contribution in [3.63, 3.8) is 0 Å². The van der Waals surface area contributed by atoms with Gasteiger partial charge in [-0.25, -0.2) is 19.1 Å². The Labute approximate surface area is 233 Å². The van der Waals surface area contributed by atoms with Crippen LogP contribution in [0.2, 0.25) is 0 Å². The van der Waals surface area contributed by atoms with E-state index in [1.807, 2.05) is 46.8 Å². The van der Waals surface area contributed by atoms with Crippen molar-refractivity contribution in [2.45, 2.75) is 52.7 Å². The first-order valence-corrected chi connectivity index (χ1v) is 14.1. The summed E-state index contributed by atoms with van der Waals surface area (Å²) in [4.78, 5) is 21.8. The number of benzene rings is 2. The van der Waals surface area contributed by atoms with Gasteiger partial charge in [0.25, 0.3) is 15.9 Å². The lowest BCUT2D eigenvalue weighted by molar-refractivity contribution is 0.0978. The first-order chi connectivity index (χ1) is 18.8. The van der Waals surface area contributed by atoms with Crippen molar-refractivity contribution in [2.75, 3.05) is 0 Å². The van der Waals surface area contributed by atoms with Crippen LogP contribution in [-0.4, -0.2) is 30.4 Å². The number of nitrogens with zero attached hydrogens (tertiary/aromatic N) is 2. The zero-order valence-corrected chi connectivity index (χ0v) is 23.9. The third-order valence-electron chi connectivity index (χ3n) is 5.81. The zero-order chi connectivity index (χ0) is 29.2. The maximum absolute atomic E-state index is 14.5. The smallest absolute Gasteiger partial charge is 0.281 e. The second kappa shape index (κ2) is 11.4. The van der Waals surface area contributed by atoms with Gasteiger partial charge in [-0.2, -0.15) is 8.42 Å². The van der Waals surface area contributed by atoms with E-state index in [0.29, 0.717) is 28.5 Å². The molecule has 8 nitrogen and oxygen atoms in total. The number of nitrogens with one attached hydrogen (secondary N) is 1. The SMILES string of the molecule is Cc1cc(C)c(Oc2nc(-c3cc(F)cc(OC(C)C)c3)ccc2C(=O)NS(=O)(=O)c2cccc(C)n2)c(C)c1. The summed E-state index contributed by atoms with van der Waals surface area (Å²) in [5.74, 6) is -0.842. The van der Waals surface area contributed by atoms with Gasteiger partial charge >= 0.3 is 0 Å². The first-order valence-electron chi connectivity index (χ1n) is 12.6. The van der Waals surface area contributed by atoms with Gasteiger partial charge in [0.1, 0.15) is 22.9 Å². The number of rotatable bonds is 8. The van der Waals surface area contributed by atoms with Gasteiger partial charge in [0.05, 0.1) is 11.8 Å². The minimum absolute atomic E-state index is 0.130. The summed E-state index contributed by atoms with van der Waals surface area (Å²) in [6.45, 7) is 11.0. The van der Waals surface area contributed by atoms with E-state index >= 15 is 0 Å². The lowest BCUT2D eigenvalue weighted by Crippen LogP contribution is -2.31. The minimum Gasteiger partial charge on any atom is -0.491 e. The number of sulfonamides is 1. The number of halogens is 1. The Morgan fingerprint density at radius 3 is 2.27 bits per heavy atom. The summed E-state index contributed by atoms with van der Waals surface area (Å²) in [7, 11) is -4.29. The summed E-state index contributed by atoms with van der Waals surface area (Å²) in [5, 5.41) is -0.296. The van der Waals surface area contributed by atoms with Gasteiger partial charge in [0.2, 0.25) is 5.88 Å². The number of carbonyl (C=O) groups excluding carboxylic acids is 1. The van der Waals surface area contributed by atoms with Crippen molar-refractivity contribution in [3.8, 4) is 28.6 Å². The van der Waals surface area contributed by atoms with Gasteiger partial charge in [-0.15, -0.1) is 0 Å². The molecule has 1 N–H and O–H groups in total. The number of hydrogen-bond acceptors (Lipinski definition) is 7. The molecular formula is C30H30FN3O5S. The Morgan fingerprint density at radius 2 is 1.62 bits per heavy atom. The van der Waals surface area contributed by atoms with Crippen molar-refractivity contribution in [1.29, 1.82) is 0 Å². The average molecular weight is 564 g/mol. The third kappa shape index (κ3) is 6.63. The molecule has 10 heteroatoms. The summed E-state index contributed by atoms with van der Waals surface area (Å²) in [6, 6.07) is 15.4. The Hall–Kier alpha value is -4.31. The average Bonchev–Trinajstić information content (AvgIpc) is 2.85. The zero-order valence-electron chi connectivity index (χ0n) is 23.1. The molecule has 0 saturated heterocycles. The number of carbonyl (C=O) groups is 1. The second-order valence-corrected chi connectivity index (χ2v) is 11.4. The summed E-state index contributed by atoms with van der Waals surface area (Å²) >= 11 is 0. The van der Waals surface area contributed by atoms with Crippen molar-refractivity contribution < 1.29 is 27.1 Å². The highest BCUT2D eigenvalue weighted by Crippen LogP contribution is 2.33. The van der Waals surface area contributed by atoms with Gasteiger partial charge in [0, 0.05) is 17.3 Å². The molecule has 0 spiro atoms. The summed E-state index contributed by atoms with van der Waals surface area (Å²) < 4.78 is 54.2. The maximum Gasteiger partial charge on any atom is 0.281 e. The minimum atomic E-state index is -4.29. The Balaban J connectivity index is 1.80. The molecule has 2 aromatic heterocycles. The fraction of sp³-hybridized carbons (Fsp3) is 0.233. The van der Waals surface area contributed by atoms with Crippen LogP contribution < -0.4 is 14.2 Å². The molecule has 0 unspecified atom stereocenters. The molecule has 40 heavy (non-hydrogen) atoms. The molecule has 2 heterocycles. The van der Waals surface area contributed by atoms with E-state index in [2.05, 4.69) is 14.7 Å². The molecule has 1 amide bonds. The van der Waals surface area contributed by atoms with E-state index in [9.17, 15) is 17.6 Å². The van der Waals surface area contributed by atoms with Crippen LogP contribution in [-0.2, 0) is 10.0 Å². The number of hydrogen-bond donors (Lipinski definition) is 1. The number of aryl methyl sites for hydroxylation is 4. The Morgan fingerprint density at radius 1 is 0.925 bits per heavy atom. The van der Waals surface area contributed by atoms with Crippen LogP contribution in [0.3, 0.4) is 0 Å². The lowest BCUT2D eigenvalue weighted by Gasteiger charge is -2.16. The number of ether oxygens (including phenoxy) is 2. The molecule has 4 rings (SSSR count). The quantitative estimate of drug-likeness (QED) is 0.271. The van der Waals surface area contributed by atoms with Crippen molar-refractivity contribution in [1.82, 2.24) is 14.7 Å². The monoisotopic (exact) mass is 563 g/mol. The highest BCUT2D eigenvalue weighted by molar-refractivity contribution is 7.90.